The largest absolute Gasteiger partial charge is 0.465 e. The number of ether oxygens (including phenoxy) is 2. The molecule has 0 aliphatic carbocycles. The number of benzene rings is 1. The van der Waals surface area contributed by atoms with Crippen LogP contribution in [0.25, 0.3) is 0 Å². The summed E-state index contributed by atoms with van der Waals surface area (Å²) in [6, 6.07) is 5.49. The van der Waals surface area contributed by atoms with Crippen LogP contribution in [0, 0.1) is 12.7 Å². The molecule has 8 heteroatoms. The van der Waals surface area contributed by atoms with Gasteiger partial charge in [0.25, 0.3) is 0 Å². The Morgan fingerprint density at radius 2 is 1.73 bits per heavy atom. The Balaban J connectivity index is 2.92. The van der Waals surface area contributed by atoms with Crippen LogP contribution in [-0.2, 0) is 9.47 Å². The first-order valence-corrected chi connectivity index (χ1v) is 8.27. The number of Topliss-reactive ketones (excluding diaryl/α,β-unsaturated/α-hetero) is 1. The van der Waals surface area contributed by atoms with E-state index < -0.39 is 17.8 Å². The first-order valence-electron chi connectivity index (χ1n) is 7.45. The molecule has 0 unspecified atom stereocenters. The lowest BCUT2D eigenvalue weighted by Gasteiger charge is -2.12. The molecule has 0 aliphatic rings. The summed E-state index contributed by atoms with van der Waals surface area (Å²) in [5.74, 6) is -2.37. The predicted molar refractivity (Wildman–Crippen MR) is 93.4 cm³/mol. The lowest BCUT2D eigenvalue weighted by atomic mass is 10.0. The van der Waals surface area contributed by atoms with Crippen LogP contribution >= 0.6 is 11.3 Å². The number of ketones is 1. The molecular weight excluding hydrogens is 361 g/mol. The van der Waals surface area contributed by atoms with E-state index in [2.05, 4.69) is 4.99 Å². The standard InChI is InChI=1S/C18H16FNO5S/c1-9-13(10(2)21)16(20-12-7-5-6-11(19)8-12)26-15(18(23)25-4)14(9)17(22)24-3/h5-8H,1-4H3. The highest BCUT2D eigenvalue weighted by atomic mass is 32.1. The zero-order chi connectivity index (χ0) is 19.4. The summed E-state index contributed by atoms with van der Waals surface area (Å²) >= 11 is 0.810. The third-order valence-corrected chi connectivity index (χ3v) is 4.60. The molecule has 1 heterocycles. The van der Waals surface area contributed by atoms with E-state index in [9.17, 15) is 18.8 Å². The maximum atomic E-state index is 13.4. The maximum Gasteiger partial charge on any atom is 0.349 e. The van der Waals surface area contributed by atoms with Gasteiger partial charge in [-0.2, -0.15) is 0 Å². The van der Waals surface area contributed by atoms with Crippen LogP contribution in [0.5, 0.6) is 0 Å². The highest BCUT2D eigenvalue weighted by Gasteiger charge is 2.26. The number of nitrogens with zero attached hydrogens (tertiary/aromatic N) is 1. The second-order valence-electron chi connectivity index (χ2n) is 5.24. The number of carbonyl (C=O) groups is 3. The fourth-order valence-electron chi connectivity index (χ4n) is 2.39. The Hall–Kier alpha value is -2.87. The molecule has 6 nitrogen and oxygen atoms in total. The summed E-state index contributed by atoms with van der Waals surface area (Å²) < 4.78 is 23.1. The average Bonchev–Trinajstić information content (AvgIpc) is 2.59. The van der Waals surface area contributed by atoms with E-state index in [0.717, 1.165) is 11.3 Å². The Bertz CT molecular complexity index is 965. The van der Waals surface area contributed by atoms with Crippen LogP contribution in [0.3, 0.4) is 0 Å². The van der Waals surface area contributed by atoms with Crippen molar-refractivity contribution in [1.29, 1.82) is 0 Å². The van der Waals surface area contributed by atoms with Crippen molar-refractivity contribution in [3.63, 3.8) is 0 Å². The third-order valence-electron chi connectivity index (χ3n) is 3.54. The summed E-state index contributed by atoms with van der Waals surface area (Å²) in [6.45, 7) is 2.84. The van der Waals surface area contributed by atoms with E-state index in [1.807, 2.05) is 0 Å². The van der Waals surface area contributed by atoms with E-state index in [4.69, 9.17) is 9.47 Å². The lowest BCUT2D eigenvalue weighted by Crippen LogP contribution is -2.22. The van der Waals surface area contributed by atoms with Gasteiger partial charge < -0.3 is 9.47 Å². The second-order valence-corrected chi connectivity index (χ2v) is 6.24. The summed E-state index contributed by atoms with van der Waals surface area (Å²) in [5.41, 5.74) is 0.628. The van der Waals surface area contributed by atoms with Gasteiger partial charge in [-0.25, -0.2) is 19.0 Å². The monoisotopic (exact) mass is 377 g/mol. The van der Waals surface area contributed by atoms with E-state index in [1.54, 1.807) is 6.07 Å². The van der Waals surface area contributed by atoms with Gasteiger partial charge >= 0.3 is 11.9 Å². The van der Waals surface area contributed by atoms with Crippen LogP contribution in [0.1, 0.15) is 42.9 Å². The van der Waals surface area contributed by atoms with Gasteiger partial charge in [0.1, 0.15) is 15.4 Å². The molecule has 0 radical (unpaired) electrons. The van der Waals surface area contributed by atoms with Gasteiger partial charge in [0.2, 0.25) is 0 Å². The van der Waals surface area contributed by atoms with Gasteiger partial charge in [0.15, 0.2) is 5.78 Å². The van der Waals surface area contributed by atoms with Crippen molar-refractivity contribution in [2.75, 3.05) is 14.2 Å². The van der Waals surface area contributed by atoms with Crippen molar-refractivity contribution in [3.8, 4) is 0 Å². The van der Waals surface area contributed by atoms with E-state index in [-0.39, 0.29) is 37.7 Å². The molecule has 0 saturated heterocycles. The van der Waals surface area contributed by atoms with Crippen LogP contribution in [0.2, 0.25) is 0 Å². The number of hydrogen-bond acceptors (Lipinski definition) is 7. The Kier molecular flexibility index (Phi) is 5.99. The molecule has 0 fully saturated rings. The lowest BCUT2D eigenvalue weighted by molar-refractivity contribution is 0.0558. The summed E-state index contributed by atoms with van der Waals surface area (Å²) in [7, 11) is 2.35. The van der Waals surface area contributed by atoms with Crippen molar-refractivity contribution in [2.24, 2.45) is 4.99 Å². The number of hydrogen-bond donors (Lipinski definition) is 0. The minimum atomic E-state index is -0.765. The van der Waals surface area contributed by atoms with Crippen molar-refractivity contribution in [2.45, 2.75) is 13.8 Å². The van der Waals surface area contributed by atoms with Crippen LogP contribution < -0.4 is 4.67 Å². The zero-order valence-corrected chi connectivity index (χ0v) is 15.4. The molecular formula is C18H16FNO5S. The highest BCUT2D eigenvalue weighted by Crippen LogP contribution is 2.23. The molecule has 2 rings (SSSR count). The molecule has 26 heavy (non-hydrogen) atoms. The van der Waals surface area contributed by atoms with Gasteiger partial charge in [0.05, 0.1) is 31.0 Å². The number of methoxy groups -OCH3 is 2. The Morgan fingerprint density at radius 3 is 2.27 bits per heavy atom. The van der Waals surface area contributed by atoms with Crippen molar-refractivity contribution in [3.05, 3.63) is 56.3 Å². The highest BCUT2D eigenvalue weighted by molar-refractivity contribution is 7.11. The molecule has 0 amide bonds. The van der Waals surface area contributed by atoms with Crippen molar-refractivity contribution >= 4 is 34.7 Å². The number of halogens is 1. The summed E-state index contributed by atoms with van der Waals surface area (Å²) in [6.07, 6.45) is 0. The second kappa shape index (κ2) is 8.01. The zero-order valence-electron chi connectivity index (χ0n) is 14.6. The molecule has 0 N–H and O–H groups in total. The number of rotatable bonds is 4. The fourth-order valence-corrected chi connectivity index (χ4v) is 3.64. The summed E-state index contributed by atoms with van der Waals surface area (Å²) in [4.78, 5) is 40.7. The number of carbonyl (C=O) groups excluding carboxylic acids is 3. The van der Waals surface area contributed by atoms with Crippen LogP contribution in [0.15, 0.2) is 29.3 Å². The van der Waals surface area contributed by atoms with E-state index in [1.165, 1.54) is 46.3 Å². The van der Waals surface area contributed by atoms with Crippen molar-refractivity contribution in [1.82, 2.24) is 0 Å². The van der Waals surface area contributed by atoms with Crippen LogP contribution in [-0.4, -0.2) is 31.9 Å². The molecule has 0 bridgehead atoms. The SMILES string of the molecule is COC(=O)c1sc(=Nc2cccc(F)c2)c(C(C)=O)c(C)c1C(=O)OC. The van der Waals surface area contributed by atoms with E-state index >= 15 is 0 Å². The number of esters is 2. The maximum absolute atomic E-state index is 13.4. The molecule has 1 aromatic carbocycles. The fraction of sp³-hybridized carbons (Fsp3) is 0.222. The van der Waals surface area contributed by atoms with E-state index in [0.29, 0.717) is 0 Å². The molecule has 0 spiro atoms. The Morgan fingerprint density at radius 1 is 1.08 bits per heavy atom. The van der Waals surface area contributed by atoms with Gasteiger partial charge in [0, 0.05) is 0 Å². The molecule has 0 saturated carbocycles. The van der Waals surface area contributed by atoms with Gasteiger partial charge in [-0.05, 0) is 37.6 Å². The molecule has 0 atom stereocenters. The normalized spacial score (nSPS) is 11.2. The Labute approximate surface area is 152 Å². The van der Waals surface area contributed by atoms with Crippen molar-refractivity contribution < 1.29 is 28.2 Å². The topological polar surface area (TPSA) is 82.0 Å². The average molecular weight is 377 g/mol. The molecule has 1 aromatic heterocycles. The molecule has 0 aliphatic heterocycles. The summed E-state index contributed by atoms with van der Waals surface area (Å²) in [5, 5.41) is 0. The van der Waals surface area contributed by atoms with Gasteiger partial charge in [-0.3, -0.25) is 4.79 Å². The molecule has 2 aromatic rings. The first-order chi connectivity index (χ1) is 12.3. The van der Waals surface area contributed by atoms with Gasteiger partial charge in [-0.15, -0.1) is 11.3 Å². The van der Waals surface area contributed by atoms with Gasteiger partial charge in [-0.1, -0.05) is 6.07 Å². The minimum Gasteiger partial charge on any atom is -0.465 e. The minimum absolute atomic E-state index is 0.0444. The quantitative estimate of drug-likeness (QED) is 0.604. The predicted octanol–water partition coefficient (Wildman–Crippen LogP) is 3.20. The smallest absolute Gasteiger partial charge is 0.349 e. The molecule has 136 valence electrons. The third kappa shape index (κ3) is 3.85. The first kappa shape index (κ1) is 19.5. The van der Waals surface area contributed by atoms with Crippen LogP contribution in [0.4, 0.5) is 10.1 Å².